The van der Waals surface area contributed by atoms with Crippen LogP contribution >= 0.6 is 11.6 Å². The predicted molar refractivity (Wildman–Crippen MR) is 83.1 cm³/mol. The van der Waals surface area contributed by atoms with Gasteiger partial charge in [0, 0.05) is 18.1 Å². The van der Waals surface area contributed by atoms with Gasteiger partial charge in [0.05, 0.1) is 6.10 Å². The maximum absolute atomic E-state index is 12.8. The van der Waals surface area contributed by atoms with Crippen LogP contribution in [0, 0.1) is 5.82 Å². The second kappa shape index (κ2) is 7.77. The first-order chi connectivity index (χ1) is 10.5. The lowest BCUT2D eigenvalue weighted by Crippen LogP contribution is -2.37. The SMILES string of the molecule is O=C(NCc1cccc(Cl)c1)NCC(O)c1ccc(F)cc1. The lowest BCUT2D eigenvalue weighted by Gasteiger charge is -2.13. The van der Waals surface area contributed by atoms with E-state index in [1.807, 2.05) is 6.07 Å². The minimum absolute atomic E-state index is 0.0347. The van der Waals surface area contributed by atoms with Gasteiger partial charge in [0.2, 0.25) is 0 Å². The Morgan fingerprint density at radius 1 is 1.18 bits per heavy atom. The molecule has 2 aromatic rings. The standard InChI is InChI=1S/C16H16ClFN2O2/c17-13-3-1-2-11(8-13)9-19-16(22)20-10-15(21)12-4-6-14(18)7-5-12/h1-8,15,21H,9-10H2,(H2,19,20,22). The molecule has 22 heavy (non-hydrogen) atoms. The average Bonchev–Trinajstić information content (AvgIpc) is 2.51. The van der Waals surface area contributed by atoms with Crippen molar-refractivity contribution in [2.45, 2.75) is 12.6 Å². The molecular formula is C16H16ClFN2O2. The minimum atomic E-state index is -0.891. The van der Waals surface area contributed by atoms with Gasteiger partial charge in [-0.15, -0.1) is 0 Å². The van der Waals surface area contributed by atoms with Crippen molar-refractivity contribution < 1.29 is 14.3 Å². The van der Waals surface area contributed by atoms with E-state index in [0.29, 0.717) is 17.1 Å². The predicted octanol–water partition coefficient (Wildman–Crippen LogP) is 3.01. The normalized spacial score (nSPS) is 11.8. The third kappa shape index (κ3) is 5.02. The Bertz CT molecular complexity index is 634. The first-order valence-electron chi connectivity index (χ1n) is 6.74. The summed E-state index contributed by atoms with van der Waals surface area (Å²) >= 11 is 5.85. The van der Waals surface area contributed by atoms with E-state index in [-0.39, 0.29) is 12.4 Å². The number of urea groups is 1. The van der Waals surface area contributed by atoms with E-state index in [0.717, 1.165) is 5.56 Å². The van der Waals surface area contributed by atoms with E-state index >= 15 is 0 Å². The molecule has 2 rings (SSSR count). The lowest BCUT2D eigenvalue weighted by atomic mass is 10.1. The molecule has 4 nitrogen and oxygen atoms in total. The molecule has 0 saturated heterocycles. The molecule has 2 amide bonds. The zero-order valence-electron chi connectivity index (χ0n) is 11.7. The number of aliphatic hydroxyl groups is 1. The van der Waals surface area contributed by atoms with Gasteiger partial charge in [-0.05, 0) is 35.4 Å². The van der Waals surface area contributed by atoms with Gasteiger partial charge in [-0.1, -0.05) is 35.9 Å². The number of hydrogen-bond acceptors (Lipinski definition) is 2. The smallest absolute Gasteiger partial charge is 0.315 e. The lowest BCUT2D eigenvalue weighted by molar-refractivity contribution is 0.173. The third-order valence-electron chi connectivity index (χ3n) is 3.05. The number of carbonyl (C=O) groups is 1. The van der Waals surface area contributed by atoms with Crippen molar-refractivity contribution in [1.82, 2.24) is 10.6 Å². The molecule has 0 saturated carbocycles. The van der Waals surface area contributed by atoms with E-state index in [1.54, 1.807) is 18.2 Å². The van der Waals surface area contributed by atoms with Crippen LogP contribution in [-0.2, 0) is 6.54 Å². The van der Waals surface area contributed by atoms with Gasteiger partial charge in [0.25, 0.3) is 0 Å². The summed E-state index contributed by atoms with van der Waals surface area (Å²) in [6, 6.07) is 12.2. The number of benzene rings is 2. The zero-order chi connectivity index (χ0) is 15.9. The minimum Gasteiger partial charge on any atom is -0.387 e. The Morgan fingerprint density at radius 3 is 2.59 bits per heavy atom. The number of nitrogens with one attached hydrogen (secondary N) is 2. The molecule has 2 aromatic carbocycles. The van der Waals surface area contributed by atoms with E-state index in [2.05, 4.69) is 10.6 Å². The summed E-state index contributed by atoms with van der Waals surface area (Å²) in [6.07, 6.45) is -0.891. The third-order valence-corrected chi connectivity index (χ3v) is 3.29. The summed E-state index contributed by atoms with van der Waals surface area (Å²) in [7, 11) is 0. The van der Waals surface area contributed by atoms with Crippen LogP contribution in [0.3, 0.4) is 0 Å². The Hall–Kier alpha value is -2.11. The zero-order valence-corrected chi connectivity index (χ0v) is 12.5. The molecule has 1 atom stereocenters. The monoisotopic (exact) mass is 322 g/mol. The molecule has 0 aromatic heterocycles. The van der Waals surface area contributed by atoms with E-state index in [9.17, 15) is 14.3 Å². The molecule has 0 aliphatic carbocycles. The highest BCUT2D eigenvalue weighted by Crippen LogP contribution is 2.12. The number of aliphatic hydroxyl groups excluding tert-OH is 1. The van der Waals surface area contributed by atoms with Crippen LogP contribution in [0.1, 0.15) is 17.2 Å². The van der Waals surface area contributed by atoms with Crippen LogP contribution in [0.25, 0.3) is 0 Å². The van der Waals surface area contributed by atoms with Crippen molar-refractivity contribution in [2.24, 2.45) is 0 Å². The Morgan fingerprint density at radius 2 is 1.91 bits per heavy atom. The molecule has 0 radical (unpaired) electrons. The van der Waals surface area contributed by atoms with E-state index in [1.165, 1.54) is 24.3 Å². The second-order valence-electron chi connectivity index (χ2n) is 4.76. The number of hydrogen-bond donors (Lipinski definition) is 3. The molecule has 116 valence electrons. The number of carbonyl (C=O) groups excluding carboxylic acids is 1. The fourth-order valence-corrected chi connectivity index (χ4v) is 2.10. The highest BCUT2D eigenvalue weighted by Gasteiger charge is 2.09. The van der Waals surface area contributed by atoms with Crippen LogP contribution in [0.2, 0.25) is 5.02 Å². The molecule has 0 aliphatic heterocycles. The second-order valence-corrected chi connectivity index (χ2v) is 5.20. The van der Waals surface area contributed by atoms with Crippen LogP contribution < -0.4 is 10.6 Å². The summed E-state index contributed by atoms with van der Waals surface area (Å²) in [5.41, 5.74) is 1.42. The van der Waals surface area contributed by atoms with Crippen molar-refractivity contribution in [3.05, 3.63) is 70.5 Å². The Balaban J connectivity index is 1.76. The Labute approximate surface area is 132 Å². The quantitative estimate of drug-likeness (QED) is 0.792. The van der Waals surface area contributed by atoms with Crippen molar-refractivity contribution in [3.63, 3.8) is 0 Å². The van der Waals surface area contributed by atoms with Gasteiger partial charge in [-0.25, -0.2) is 9.18 Å². The summed E-state index contributed by atoms with van der Waals surface area (Å²) < 4.78 is 12.8. The van der Waals surface area contributed by atoms with Crippen LogP contribution in [-0.4, -0.2) is 17.7 Å². The van der Waals surface area contributed by atoms with E-state index < -0.39 is 12.1 Å². The summed E-state index contributed by atoms with van der Waals surface area (Å²) in [6.45, 7) is 0.367. The van der Waals surface area contributed by atoms with Crippen LogP contribution in [0.15, 0.2) is 48.5 Å². The molecule has 3 N–H and O–H groups in total. The summed E-state index contributed by atoms with van der Waals surface area (Å²) in [5, 5.41) is 15.7. The van der Waals surface area contributed by atoms with Gasteiger partial charge in [0.15, 0.2) is 0 Å². The van der Waals surface area contributed by atoms with Gasteiger partial charge in [0.1, 0.15) is 5.82 Å². The fourth-order valence-electron chi connectivity index (χ4n) is 1.88. The first-order valence-corrected chi connectivity index (χ1v) is 7.12. The van der Waals surface area contributed by atoms with Crippen LogP contribution in [0.4, 0.5) is 9.18 Å². The molecule has 0 fully saturated rings. The molecular weight excluding hydrogens is 307 g/mol. The van der Waals surface area contributed by atoms with Gasteiger partial charge >= 0.3 is 6.03 Å². The first kappa shape index (κ1) is 16.3. The van der Waals surface area contributed by atoms with Crippen LogP contribution in [0.5, 0.6) is 0 Å². The molecule has 0 aliphatic rings. The van der Waals surface area contributed by atoms with Crippen molar-refractivity contribution in [2.75, 3.05) is 6.54 Å². The number of rotatable bonds is 5. The largest absolute Gasteiger partial charge is 0.387 e. The maximum Gasteiger partial charge on any atom is 0.315 e. The highest BCUT2D eigenvalue weighted by atomic mass is 35.5. The molecule has 1 unspecified atom stereocenters. The summed E-state index contributed by atoms with van der Waals surface area (Å²) in [5.74, 6) is -0.372. The Kier molecular flexibility index (Phi) is 5.75. The van der Waals surface area contributed by atoms with Crippen molar-refractivity contribution in [1.29, 1.82) is 0 Å². The van der Waals surface area contributed by atoms with E-state index in [4.69, 9.17) is 11.6 Å². The van der Waals surface area contributed by atoms with Crippen molar-refractivity contribution >= 4 is 17.6 Å². The fraction of sp³-hybridized carbons (Fsp3) is 0.188. The molecule has 0 spiro atoms. The van der Waals surface area contributed by atoms with Crippen molar-refractivity contribution in [3.8, 4) is 0 Å². The number of halogens is 2. The van der Waals surface area contributed by atoms with Gasteiger partial charge in [-0.3, -0.25) is 0 Å². The van der Waals surface area contributed by atoms with Gasteiger partial charge in [-0.2, -0.15) is 0 Å². The average molecular weight is 323 g/mol. The molecule has 6 heteroatoms. The maximum atomic E-state index is 12.8. The highest BCUT2D eigenvalue weighted by molar-refractivity contribution is 6.30. The molecule has 0 bridgehead atoms. The number of amides is 2. The van der Waals surface area contributed by atoms with Gasteiger partial charge < -0.3 is 15.7 Å². The summed E-state index contributed by atoms with van der Waals surface area (Å²) in [4.78, 5) is 11.7. The topological polar surface area (TPSA) is 61.4 Å². The molecule has 0 heterocycles.